The number of hydrogen-bond donors (Lipinski definition) is 1. The minimum Gasteiger partial charge on any atom is -0.377 e. The third kappa shape index (κ3) is 3.99. The lowest BCUT2D eigenvalue weighted by Gasteiger charge is -2.19. The molecule has 100 valence electrons. The summed E-state index contributed by atoms with van der Waals surface area (Å²) in [4.78, 5) is 2.16. The minimum absolute atomic E-state index is 0.161. The van der Waals surface area contributed by atoms with Crippen LogP contribution >= 0.6 is 0 Å². The molecule has 0 amide bonds. The standard InChI is InChI=1S/C13H19NO3S/c15-18(16,17)10-4-9-14-8-3-7-12-5-1-2-6-13(12)11-14/h1-2,5-6,11-12H,3-4,7-10H2,(H,15,16,17). The maximum absolute atomic E-state index is 10.7. The van der Waals surface area contributed by atoms with Crippen LogP contribution in [-0.4, -0.2) is 36.7 Å². The molecule has 1 aliphatic heterocycles. The lowest BCUT2D eigenvalue weighted by atomic mass is 9.92. The third-order valence-electron chi connectivity index (χ3n) is 3.31. The molecule has 0 fully saturated rings. The summed E-state index contributed by atoms with van der Waals surface area (Å²) >= 11 is 0. The Bertz CT molecular complexity index is 476. The van der Waals surface area contributed by atoms with Gasteiger partial charge < -0.3 is 4.90 Å². The Morgan fingerprint density at radius 3 is 3.00 bits per heavy atom. The highest BCUT2D eigenvalue weighted by Gasteiger charge is 2.17. The van der Waals surface area contributed by atoms with Crippen LogP contribution in [0.1, 0.15) is 19.3 Å². The first kappa shape index (κ1) is 13.4. The molecule has 18 heavy (non-hydrogen) atoms. The lowest BCUT2D eigenvalue weighted by molar-refractivity contribution is 0.370. The normalized spacial score (nSPS) is 23.5. The van der Waals surface area contributed by atoms with Crippen LogP contribution in [0.2, 0.25) is 0 Å². The second kappa shape index (κ2) is 5.71. The molecule has 1 heterocycles. The summed E-state index contributed by atoms with van der Waals surface area (Å²) < 4.78 is 30.0. The van der Waals surface area contributed by atoms with Crippen molar-refractivity contribution in [3.63, 3.8) is 0 Å². The van der Waals surface area contributed by atoms with Gasteiger partial charge in [0.05, 0.1) is 5.75 Å². The van der Waals surface area contributed by atoms with Crippen LogP contribution in [0.3, 0.4) is 0 Å². The van der Waals surface area contributed by atoms with Crippen molar-refractivity contribution in [1.29, 1.82) is 0 Å². The fraction of sp³-hybridized carbons (Fsp3) is 0.538. The molecule has 0 bridgehead atoms. The van der Waals surface area contributed by atoms with Gasteiger partial charge in [-0.25, -0.2) is 0 Å². The summed E-state index contributed by atoms with van der Waals surface area (Å²) in [7, 11) is -3.83. The molecule has 1 aliphatic carbocycles. The molecular formula is C13H19NO3S. The van der Waals surface area contributed by atoms with Gasteiger partial charge in [0, 0.05) is 25.2 Å². The number of nitrogens with zero attached hydrogens (tertiary/aromatic N) is 1. The van der Waals surface area contributed by atoms with Gasteiger partial charge in [0.2, 0.25) is 0 Å². The molecule has 4 nitrogen and oxygen atoms in total. The average molecular weight is 269 g/mol. The van der Waals surface area contributed by atoms with E-state index < -0.39 is 10.1 Å². The second-order valence-corrected chi connectivity index (χ2v) is 6.37. The summed E-state index contributed by atoms with van der Waals surface area (Å²) in [5.41, 5.74) is 1.29. The van der Waals surface area contributed by atoms with Gasteiger partial charge in [0.1, 0.15) is 0 Å². The fourth-order valence-electron chi connectivity index (χ4n) is 2.42. The SMILES string of the molecule is O=S(=O)(O)CCCN1C=C2C=CC=CC2CCC1. The zero-order chi connectivity index (χ0) is 13.0. The minimum atomic E-state index is -3.83. The zero-order valence-corrected chi connectivity index (χ0v) is 11.1. The van der Waals surface area contributed by atoms with Gasteiger partial charge in [-0.1, -0.05) is 24.3 Å². The Hall–Kier alpha value is -1.07. The number of rotatable bonds is 4. The summed E-state index contributed by atoms with van der Waals surface area (Å²) in [5.74, 6) is 0.341. The molecule has 0 spiro atoms. The van der Waals surface area contributed by atoms with Crippen molar-refractivity contribution in [2.75, 3.05) is 18.8 Å². The van der Waals surface area contributed by atoms with Crippen LogP contribution in [0, 0.1) is 5.92 Å². The Labute approximate surface area is 108 Å². The number of hydrogen-bond acceptors (Lipinski definition) is 3. The Morgan fingerprint density at radius 2 is 2.22 bits per heavy atom. The van der Waals surface area contributed by atoms with E-state index in [-0.39, 0.29) is 5.75 Å². The van der Waals surface area contributed by atoms with Crippen LogP contribution in [0.5, 0.6) is 0 Å². The van der Waals surface area contributed by atoms with Crippen molar-refractivity contribution in [1.82, 2.24) is 4.90 Å². The Balaban J connectivity index is 1.93. The average Bonchev–Trinajstić information content (AvgIpc) is 2.49. The molecule has 5 heteroatoms. The van der Waals surface area contributed by atoms with E-state index in [4.69, 9.17) is 4.55 Å². The highest BCUT2D eigenvalue weighted by molar-refractivity contribution is 7.85. The molecule has 2 rings (SSSR count). The maximum atomic E-state index is 10.7. The van der Waals surface area contributed by atoms with E-state index in [0.29, 0.717) is 18.9 Å². The smallest absolute Gasteiger partial charge is 0.264 e. The first-order valence-corrected chi connectivity index (χ1v) is 7.91. The zero-order valence-electron chi connectivity index (χ0n) is 10.3. The summed E-state index contributed by atoms with van der Waals surface area (Å²) in [6.07, 6.45) is 13.3. The van der Waals surface area contributed by atoms with E-state index in [9.17, 15) is 8.42 Å². The summed E-state index contributed by atoms with van der Waals surface area (Å²) in [6.45, 7) is 1.63. The second-order valence-electron chi connectivity index (χ2n) is 4.80. The largest absolute Gasteiger partial charge is 0.377 e. The van der Waals surface area contributed by atoms with Crippen molar-refractivity contribution >= 4 is 10.1 Å². The molecule has 0 aromatic rings. The molecule has 1 N–H and O–H groups in total. The van der Waals surface area contributed by atoms with Crippen molar-refractivity contribution in [3.8, 4) is 0 Å². The topological polar surface area (TPSA) is 57.6 Å². The van der Waals surface area contributed by atoms with Gasteiger partial charge in [-0.2, -0.15) is 8.42 Å². The van der Waals surface area contributed by atoms with E-state index in [1.54, 1.807) is 0 Å². The van der Waals surface area contributed by atoms with Gasteiger partial charge in [0.25, 0.3) is 10.1 Å². The third-order valence-corrected chi connectivity index (χ3v) is 4.12. The van der Waals surface area contributed by atoms with E-state index in [2.05, 4.69) is 29.3 Å². The van der Waals surface area contributed by atoms with Crippen LogP contribution in [0.15, 0.2) is 36.1 Å². The summed E-state index contributed by atoms with van der Waals surface area (Å²) in [6, 6.07) is 0. The van der Waals surface area contributed by atoms with E-state index in [0.717, 1.165) is 19.4 Å². The van der Waals surface area contributed by atoms with Crippen LogP contribution in [0.4, 0.5) is 0 Å². The molecule has 1 atom stereocenters. The van der Waals surface area contributed by atoms with Gasteiger partial charge in [-0.15, -0.1) is 0 Å². The lowest BCUT2D eigenvalue weighted by Crippen LogP contribution is -2.21. The quantitative estimate of drug-likeness (QED) is 0.793. The maximum Gasteiger partial charge on any atom is 0.264 e. The first-order valence-electron chi connectivity index (χ1n) is 6.30. The highest BCUT2D eigenvalue weighted by atomic mass is 32.2. The van der Waals surface area contributed by atoms with Gasteiger partial charge >= 0.3 is 0 Å². The fourth-order valence-corrected chi connectivity index (χ4v) is 2.91. The summed E-state index contributed by atoms with van der Waals surface area (Å²) in [5, 5.41) is 0. The first-order chi connectivity index (χ1) is 8.54. The molecule has 2 aliphatic rings. The molecule has 0 saturated carbocycles. The molecule has 1 unspecified atom stereocenters. The number of fused-ring (bicyclic) bond motifs is 1. The van der Waals surface area contributed by atoms with Crippen LogP contribution < -0.4 is 0 Å². The van der Waals surface area contributed by atoms with Gasteiger partial charge in [-0.3, -0.25) is 4.55 Å². The molecule has 0 aromatic heterocycles. The van der Waals surface area contributed by atoms with Crippen molar-refractivity contribution in [2.24, 2.45) is 5.92 Å². The van der Waals surface area contributed by atoms with Gasteiger partial charge in [0.15, 0.2) is 0 Å². The van der Waals surface area contributed by atoms with Crippen molar-refractivity contribution in [2.45, 2.75) is 19.3 Å². The monoisotopic (exact) mass is 269 g/mol. The van der Waals surface area contributed by atoms with Crippen LogP contribution in [-0.2, 0) is 10.1 Å². The predicted octanol–water partition coefficient (Wildman–Crippen LogP) is 1.99. The predicted molar refractivity (Wildman–Crippen MR) is 71.7 cm³/mol. The molecular weight excluding hydrogens is 250 g/mol. The van der Waals surface area contributed by atoms with Gasteiger partial charge in [-0.05, 0) is 24.8 Å². The van der Waals surface area contributed by atoms with E-state index in [1.165, 1.54) is 5.57 Å². The van der Waals surface area contributed by atoms with Crippen molar-refractivity contribution in [3.05, 3.63) is 36.1 Å². The van der Waals surface area contributed by atoms with E-state index >= 15 is 0 Å². The Morgan fingerprint density at radius 1 is 1.39 bits per heavy atom. The molecule has 0 radical (unpaired) electrons. The van der Waals surface area contributed by atoms with E-state index in [1.807, 2.05) is 6.08 Å². The Kier molecular flexibility index (Phi) is 4.24. The highest BCUT2D eigenvalue weighted by Crippen LogP contribution is 2.26. The van der Waals surface area contributed by atoms with Crippen LogP contribution in [0.25, 0.3) is 0 Å². The molecule has 0 saturated heterocycles. The number of allylic oxidation sites excluding steroid dienone is 5. The van der Waals surface area contributed by atoms with Crippen molar-refractivity contribution < 1.29 is 13.0 Å². The molecule has 0 aromatic carbocycles.